The Morgan fingerprint density at radius 3 is 2.43 bits per heavy atom. The van der Waals surface area contributed by atoms with Gasteiger partial charge in [-0.05, 0) is 35.9 Å². The molecule has 146 valence electrons. The van der Waals surface area contributed by atoms with Crippen LogP contribution in [0.3, 0.4) is 0 Å². The Morgan fingerprint density at radius 1 is 1.04 bits per heavy atom. The van der Waals surface area contributed by atoms with Gasteiger partial charge in [0, 0.05) is 6.08 Å². The Bertz CT molecular complexity index is 895. The number of hydrogen-bond acceptors (Lipinski definition) is 4. The smallest absolute Gasteiger partial charge is 0.331 e. The van der Waals surface area contributed by atoms with Crippen molar-refractivity contribution in [3.8, 4) is 5.75 Å². The third-order valence-electron chi connectivity index (χ3n) is 3.31. The molecule has 0 aliphatic heterocycles. The number of esters is 1. The fourth-order valence-corrected chi connectivity index (χ4v) is 1.99. The summed E-state index contributed by atoms with van der Waals surface area (Å²) in [6.45, 7) is 3.19. The van der Waals surface area contributed by atoms with Gasteiger partial charge in [0.1, 0.15) is 12.4 Å². The van der Waals surface area contributed by atoms with Gasteiger partial charge in [0.05, 0.1) is 5.69 Å². The molecule has 2 aromatic carbocycles. The van der Waals surface area contributed by atoms with E-state index < -0.39 is 41.6 Å². The van der Waals surface area contributed by atoms with Crippen LogP contribution in [0.25, 0.3) is 6.08 Å². The fourth-order valence-electron chi connectivity index (χ4n) is 1.99. The van der Waals surface area contributed by atoms with Crippen LogP contribution < -0.4 is 10.1 Å². The lowest BCUT2D eigenvalue weighted by Gasteiger charge is -2.07. The molecule has 1 amide bonds. The van der Waals surface area contributed by atoms with Crippen LogP contribution in [0.15, 0.2) is 55.1 Å². The molecule has 28 heavy (non-hydrogen) atoms. The SMILES string of the molecule is C=CCOc1ccc(/C=C/C(=O)OCC(=O)Nc2ccc(F)c(F)c2F)cc1. The van der Waals surface area contributed by atoms with Crippen molar-refractivity contribution >= 4 is 23.6 Å². The zero-order chi connectivity index (χ0) is 20.5. The molecule has 0 saturated carbocycles. The predicted molar refractivity (Wildman–Crippen MR) is 97.1 cm³/mol. The summed E-state index contributed by atoms with van der Waals surface area (Å²) in [5, 5.41) is 1.99. The maximum Gasteiger partial charge on any atom is 0.331 e. The molecule has 0 atom stereocenters. The second-order valence-electron chi connectivity index (χ2n) is 5.38. The topological polar surface area (TPSA) is 64.6 Å². The van der Waals surface area contributed by atoms with Crippen molar-refractivity contribution < 1.29 is 32.2 Å². The first kappa shape index (κ1) is 20.8. The summed E-state index contributed by atoms with van der Waals surface area (Å²) in [4.78, 5) is 23.3. The van der Waals surface area contributed by atoms with Gasteiger partial charge in [-0.15, -0.1) is 0 Å². The van der Waals surface area contributed by atoms with Gasteiger partial charge in [-0.2, -0.15) is 0 Å². The molecule has 0 spiro atoms. The summed E-state index contributed by atoms with van der Waals surface area (Å²) in [6, 6.07) is 8.35. The number of halogens is 3. The van der Waals surface area contributed by atoms with E-state index in [1.807, 2.05) is 5.32 Å². The van der Waals surface area contributed by atoms with E-state index in [2.05, 4.69) is 6.58 Å². The Hall–Kier alpha value is -3.55. The summed E-state index contributed by atoms with van der Waals surface area (Å²) >= 11 is 0. The van der Waals surface area contributed by atoms with Gasteiger partial charge in [0.25, 0.3) is 5.91 Å². The lowest BCUT2D eigenvalue weighted by atomic mass is 10.2. The molecule has 2 rings (SSSR count). The molecular weight excluding hydrogens is 375 g/mol. The number of carbonyl (C=O) groups is 2. The number of carbonyl (C=O) groups excluding carboxylic acids is 2. The van der Waals surface area contributed by atoms with Crippen LogP contribution >= 0.6 is 0 Å². The molecule has 8 heteroatoms. The van der Waals surface area contributed by atoms with Crippen molar-refractivity contribution in [3.05, 3.63) is 78.1 Å². The standard InChI is InChI=1S/C20H16F3NO4/c1-2-11-27-14-6-3-13(4-7-14)5-10-18(26)28-12-17(25)24-16-9-8-15(21)19(22)20(16)23/h2-10H,1,11-12H2,(H,24,25)/b10-5+. The second-order valence-corrected chi connectivity index (χ2v) is 5.38. The number of anilines is 1. The van der Waals surface area contributed by atoms with Crippen molar-refractivity contribution in [2.45, 2.75) is 0 Å². The van der Waals surface area contributed by atoms with Gasteiger partial charge in [-0.25, -0.2) is 18.0 Å². The van der Waals surface area contributed by atoms with E-state index in [0.717, 1.165) is 12.1 Å². The average Bonchev–Trinajstić information content (AvgIpc) is 2.70. The third-order valence-corrected chi connectivity index (χ3v) is 3.31. The minimum Gasteiger partial charge on any atom is -0.490 e. The van der Waals surface area contributed by atoms with Crippen molar-refractivity contribution in [1.82, 2.24) is 0 Å². The summed E-state index contributed by atoms with van der Waals surface area (Å²) < 4.78 is 49.4. The largest absolute Gasteiger partial charge is 0.490 e. The first-order valence-electron chi connectivity index (χ1n) is 8.02. The molecule has 0 saturated heterocycles. The number of rotatable bonds is 8. The van der Waals surface area contributed by atoms with Crippen molar-refractivity contribution in [2.24, 2.45) is 0 Å². The maximum absolute atomic E-state index is 13.5. The lowest BCUT2D eigenvalue weighted by Crippen LogP contribution is -2.21. The van der Waals surface area contributed by atoms with Crippen molar-refractivity contribution in [3.63, 3.8) is 0 Å². The minimum absolute atomic E-state index is 0.373. The van der Waals surface area contributed by atoms with Crippen molar-refractivity contribution in [2.75, 3.05) is 18.5 Å². The van der Waals surface area contributed by atoms with Gasteiger partial charge in [-0.1, -0.05) is 24.8 Å². The normalized spacial score (nSPS) is 10.5. The number of benzene rings is 2. The van der Waals surface area contributed by atoms with Gasteiger partial charge in [0.15, 0.2) is 24.1 Å². The molecule has 0 fully saturated rings. The van der Waals surface area contributed by atoms with E-state index in [9.17, 15) is 22.8 Å². The Balaban J connectivity index is 1.83. The van der Waals surface area contributed by atoms with Crippen LogP contribution in [0, 0.1) is 17.5 Å². The molecule has 0 aromatic heterocycles. The highest BCUT2D eigenvalue weighted by atomic mass is 19.2. The molecule has 0 radical (unpaired) electrons. The summed E-state index contributed by atoms with van der Waals surface area (Å²) in [6.07, 6.45) is 4.18. The Morgan fingerprint density at radius 2 is 1.75 bits per heavy atom. The molecule has 0 heterocycles. The Labute approximate surface area is 159 Å². The summed E-state index contributed by atoms with van der Waals surface area (Å²) in [5.74, 6) is -5.71. The Kier molecular flexibility index (Phi) is 7.38. The zero-order valence-corrected chi connectivity index (χ0v) is 14.6. The number of nitrogens with one attached hydrogen (secondary N) is 1. The first-order chi connectivity index (χ1) is 13.4. The molecule has 0 aliphatic rings. The van der Waals surface area contributed by atoms with Gasteiger partial charge in [0.2, 0.25) is 0 Å². The average molecular weight is 391 g/mol. The highest BCUT2D eigenvalue weighted by Gasteiger charge is 2.15. The molecule has 0 aliphatic carbocycles. The summed E-state index contributed by atoms with van der Waals surface area (Å²) in [7, 11) is 0. The van der Waals surface area contributed by atoms with Crippen LogP contribution in [0.2, 0.25) is 0 Å². The molecular formula is C20H16F3NO4. The van der Waals surface area contributed by atoms with E-state index in [-0.39, 0.29) is 0 Å². The number of hydrogen-bond donors (Lipinski definition) is 1. The van der Waals surface area contributed by atoms with Crippen LogP contribution in [0.5, 0.6) is 5.75 Å². The quantitative estimate of drug-likeness (QED) is 0.321. The molecule has 2 aromatic rings. The van der Waals surface area contributed by atoms with Crippen LogP contribution in [0.1, 0.15) is 5.56 Å². The monoisotopic (exact) mass is 391 g/mol. The van der Waals surface area contributed by atoms with Crippen LogP contribution in [-0.4, -0.2) is 25.1 Å². The van der Waals surface area contributed by atoms with Gasteiger partial charge < -0.3 is 14.8 Å². The van der Waals surface area contributed by atoms with E-state index in [1.165, 1.54) is 6.08 Å². The lowest BCUT2D eigenvalue weighted by molar-refractivity contribution is -0.142. The molecule has 5 nitrogen and oxygen atoms in total. The maximum atomic E-state index is 13.5. The number of amides is 1. The van der Waals surface area contributed by atoms with Crippen molar-refractivity contribution in [1.29, 1.82) is 0 Å². The molecule has 0 unspecified atom stereocenters. The van der Waals surface area contributed by atoms with E-state index in [4.69, 9.17) is 9.47 Å². The van der Waals surface area contributed by atoms with Gasteiger partial charge in [-0.3, -0.25) is 4.79 Å². The minimum atomic E-state index is -1.71. The van der Waals surface area contributed by atoms with E-state index >= 15 is 0 Å². The highest BCUT2D eigenvalue weighted by molar-refractivity contribution is 5.94. The van der Waals surface area contributed by atoms with E-state index in [1.54, 1.807) is 30.3 Å². The fraction of sp³-hybridized carbons (Fsp3) is 0.100. The van der Waals surface area contributed by atoms with Gasteiger partial charge >= 0.3 is 5.97 Å². The third kappa shape index (κ3) is 6.01. The summed E-state index contributed by atoms with van der Waals surface area (Å²) in [5.41, 5.74) is 0.130. The molecule has 1 N–H and O–H groups in total. The first-order valence-corrected chi connectivity index (χ1v) is 8.02. The second kappa shape index (κ2) is 9.96. The van der Waals surface area contributed by atoms with Crippen LogP contribution in [0.4, 0.5) is 18.9 Å². The molecule has 0 bridgehead atoms. The predicted octanol–water partition coefficient (Wildman–Crippen LogP) is 3.86. The number of ether oxygens (including phenoxy) is 2. The van der Waals surface area contributed by atoms with E-state index in [0.29, 0.717) is 24.0 Å². The highest BCUT2D eigenvalue weighted by Crippen LogP contribution is 2.19. The zero-order valence-electron chi connectivity index (χ0n) is 14.6. The van der Waals surface area contributed by atoms with Crippen LogP contribution in [-0.2, 0) is 14.3 Å².